The Morgan fingerprint density at radius 2 is 1.88 bits per heavy atom. The van der Waals surface area contributed by atoms with Gasteiger partial charge in [0, 0.05) is 0 Å². The Hall–Kier alpha value is -1.35. The quantitative estimate of drug-likeness (QED) is 0.624. The molecule has 1 aliphatic carbocycles. The number of cyclic esters (lactones) is 1. The Morgan fingerprint density at radius 1 is 1.12 bits per heavy atom. The van der Waals surface area contributed by atoms with E-state index in [0.29, 0.717) is 25.7 Å². The normalized spacial score (nSPS) is 28.6. The van der Waals surface area contributed by atoms with Crippen molar-refractivity contribution in [3.8, 4) is 0 Å². The number of benzene rings is 1. The summed E-state index contributed by atoms with van der Waals surface area (Å²) in [6.45, 7) is 1.67. The summed E-state index contributed by atoms with van der Waals surface area (Å²) in [5.41, 5.74) is 2.17. The molecule has 0 unspecified atom stereocenters. The SMILES string of the molecule is O=C1OCc2ccccc2COC[C@H]2C[C@@H]12. The van der Waals surface area contributed by atoms with Crippen LogP contribution in [0, 0.1) is 11.8 Å². The molecule has 1 fully saturated rings. The van der Waals surface area contributed by atoms with Crippen molar-refractivity contribution in [1.82, 2.24) is 0 Å². The number of carbonyl (C=O) groups is 1. The first-order chi connectivity index (χ1) is 7.84. The lowest BCUT2D eigenvalue weighted by Gasteiger charge is -2.12. The number of esters is 1. The Morgan fingerprint density at radius 3 is 2.69 bits per heavy atom. The van der Waals surface area contributed by atoms with E-state index in [1.165, 1.54) is 0 Å². The van der Waals surface area contributed by atoms with Crippen molar-refractivity contribution in [3.63, 3.8) is 0 Å². The third-order valence-corrected chi connectivity index (χ3v) is 3.30. The molecule has 2 aliphatic rings. The number of rotatable bonds is 0. The molecule has 1 saturated carbocycles. The summed E-state index contributed by atoms with van der Waals surface area (Å²) in [5, 5.41) is 0. The van der Waals surface area contributed by atoms with Gasteiger partial charge in [0.15, 0.2) is 0 Å². The zero-order chi connectivity index (χ0) is 11.0. The minimum Gasteiger partial charge on any atom is -0.461 e. The molecule has 2 atom stereocenters. The molecule has 0 bridgehead atoms. The van der Waals surface area contributed by atoms with E-state index in [0.717, 1.165) is 17.5 Å². The van der Waals surface area contributed by atoms with Gasteiger partial charge in [0.05, 0.1) is 19.1 Å². The van der Waals surface area contributed by atoms with Gasteiger partial charge in [-0.2, -0.15) is 0 Å². The van der Waals surface area contributed by atoms with E-state index in [9.17, 15) is 4.79 Å². The molecule has 3 heteroatoms. The summed E-state index contributed by atoms with van der Waals surface area (Å²) >= 11 is 0. The van der Waals surface area contributed by atoms with Crippen LogP contribution in [-0.4, -0.2) is 12.6 Å². The predicted octanol–water partition coefficient (Wildman–Crippen LogP) is 1.90. The Labute approximate surface area is 94.4 Å². The van der Waals surface area contributed by atoms with Crippen molar-refractivity contribution < 1.29 is 14.3 Å². The molecule has 3 nitrogen and oxygen atoms in total. The average molecular weight is 218 g/mol. The second kappa shape index (κ2) is 3.91. The third-order valence-electron chi connectivity index (χ3n) is 3.30. The van der Waals surface area contributed by atoms with Crippen LogP contribution < -0.4 is 0 Å². The molecule has 0 radical (unpaired) electrons. The summed E-state index contributed by atoms with van der Waals surface area (Å²) in [5.74, 6) is 0.410. The van der Waals surface area contributed by atoms with Gasteiger partial charge in [0.1, 0.15) is 6.61 Å². The Kier molecular flexibility index (Phi) is 2.40. The van der Waals surface area contributed by atoms with Gasteiger partial charge in [0.25, 0.3) is 0 Å². The Balaban J connectivity index is 1.81. The summed E-state index contributed by atoms with van der Waals surface area (Å²) in [4.78, 5) is 11.6. The van der Waals surface area contributed by atoms with E-state index in [2.05, 4.69) is 0 Å². The highest BCUT2D eigenvalue weighted by atomic mass is 16.5. The van der Waals surface area contributed by atoms with E-state index < -0.39 is 0 Å². The van der Waals surface area contributed by atoms with Crippen LogP contribution in [0.1, 0.15) is 17.5 Å². The van der Waals surface area contributed by atoms with E-state index >= 15 is 0 Å². The fraction of sp³-hybridized carbons (Fsp3) is 0.462. The molecule has 1 aliphatic heterocycles. The van der Waals surface area contributed by atoms with Crippen molar-refractivity contribution in [2.45, 2.75) is 19.6 Å². The van der Waals surface area contributed by atoms with E-state index in [-0.39, 0.29) is 11.9 Å². The lowest BCUT2D eigenvalue weighted by molar-refractivity contribution is -0.147. The topological polar surface area (TPSA) is 35.5 Å². The van der Waals surface area contributed by atoms with E-state index in [4.69, 9.17) is 9.47 Å². The third kappa shape index (κ3) is 1.83. The van der Waals surface area contributed by atoms with Crippen molar-refractivity contribution in [3.05, 3.63) is 35.4 Å². The molecule has 1 aromatic carbocycles. The van der Waals surface area contributed by atoms with Gasteiger partial charge < -0.3 is 9.47 Å². The number of fused-ring (bicyclic) bond motifs is 2. The van der Waals surface area contributed by atoms with Gasteiger partial charge >= 0.3 is 5.97 Å². The van der Waals surface area contributed by atoms with Gasteiger partial charge in [-0.25, -0.2) is 0 Å². The molecule has 16 heavy (non-hydrogen) atoms. The first kappa shape index (κ1) is 9.85. The summed E-state index contributed by atoms with van der Waals surface area (Å²) in [6, 6.07) is 7.95. The Bertz CT molecular complexity index is 413. The molecule has 0 amide bonds. The molecular formula is C13H14O3. The monoisotopic (exact) mass is 218 g/mol. The fourth-order valence-electron chi connectivity index (χ4n) is 2.14. The maximum Gasteiger partial charge on any atom is 0.309 e. The van der Waals surface area contributed by atoms with Crippen LogP contribution in [0.25, 0.3) is 0 Å². The first-order valence-corrected chi connectivity index (χ1v) is 5.66. The lowest BCUT2D eigenvalue weighted by Crippen LogP contribution is -2.13. The van der Waals surface area contributed by atoms with Gasteiger partial charge in [-0.05, 0) is 23.5 Å². The molecule has 1 aromatic rings. The standard InChI is InChI=1S/C13H14O3/c14-13-12-5-11(12)7-15-6-9-3-1-2-4-10(9)8-16-13/h1-4,11-12H,5-8H2/t11-,12-/m1/s1. The molecule has 0 aromatic heterocycles. The highest BCUT2D eigenvalue weighted by molar-refractivity contribution is 5.75. The van der Waals surface area contributed by atoms with Crippen LogP contribution in [0.3, 0.4) is 0 Å². The van der Waals surface area contributed by atoms with Crippen molar-refractivity contribution in [1.29, 1.82) is 0 Å². The van der Waals surface area contributed by atoms with Crippen LogP contribution in [0.4, 0.5) is 0 Å². The number of hydrogen-bond acceptors (Lipinski definition) is 3. The molecule has 3 rings (SSSR count). The highest BCUT2D eigenvalue weighted by Crippen LogP contribution is 2.40. The lowest BCUT2D eigenvalue weighted by atomic mass is 10.1. The molecule has 0 spiro atoms. The van der Waals surface area contributed by atoms with Crippen molar-refractivity contribution in [2.24, 2.45) is 11.8 Å². The van der Waals surface area contributed by atoms with Crippen molar-refractivity contribution in [2.75, 3.05) is 6.61 Å². The predicted molar refractivity (Wildman–Crippen MR) is 57.5 cm³/mol. The number of carbonyl (C=O) groups excluding carboxylic acids is 1. The second-order valence-corrected chi connectivity index (χ2v) is 4.49. The number of ether oxygens (including phenoxy) is 2. The van der Waals surface area contributed by atoms with Crippen LogP contribution >= 0.6 is 0 Å². The fourth-order valence-corrected chi connectivity index (χ4v) is 2.14. The van der Waals surface area contributed by atoms with Crippen LogP contribution in [-0.2, 0) is 27.5 Å². The van der Waals surface area contributed by atoms with Gasteiger partial charge in [-0.3, -0.25) is 4.79 Å². The van der Waals surface area contributed by atoms with Gasteiger partial charge in [0.2, 0.25) is 0 Å². The van der Waals surface area contributed by atoms with Crippen LogP contribution in [0.5, 0.6) is 0 Å². The van der Waals surface area contributed by atoms with E-state index in [1.54, 1.807) is 0 Å². The zero-order valence-electron chi connectivity index (χ0n) is 9.02. The maximum absolute atomic E-state index is 11.6. The van der Waals surface area contributed by atoms with E-state index in [1.807, 2.05) is 24.3 Å². The van der Waals surface area contributed by atoms with Crippen LogP contribution in [0.2, 0.25) is 0 Å². The molecule has 0 saturated heterocycles. The largest absolute Gasteiger partial charge is 0.461 e. The minimum absolute atomic E-state index is 0.0645. The first-order valence-electron chi connectivity index (χ1n) is 5.66. The zero-order valence-corrected chi connectivity index (χ0v) is 9.02. The smallest absolute Gasteiger partial charge is 0.309 e. The summed E-state index contributed by atoms with van der Waals surface area (Å²) in [7, 11) is 0. The number of hydrogen-bond donors (Lipinski definition) is 0. The van der Waals surface area contributed by atoms with Crippen LogP contribution in [0.15, 0.2) is 24.3 Å². The highest BCUT2D eigenvalue weighted by Gasteiger charge is 2.44. The van der Waals surface area contributed by atoms with Crippen molar-refractivity contribution >= 4 is 5.97 Å². The second-order valence-electron chi connectivity index (χ2n) is 4.49. The minimum atomic E-state index is -0.0645. The van der Waals surface area contributed by atoms with Gasteiger partial charge in [-0.15, -0.1) is 0 Å². The molecule has 84 valence electrons. The average Bonchev–Trinajstić information content (AvgIpc) is 3.07. The summed E-state index contributed by atoms with van der Waals surface area (Å²) < 4.78 is 10.9. The molecule has 0 N–H and O–H groups in total. The molecule has 1 heterocycles. The summed E-state index contributed by atoms with van der Waals surface area (Å²) in [6.07, 6.45) is 0.926. The van der Waals surface area contributed by atoms with Gasteiger partial charge in [-0.1, -0.05) is 24.3 Å². The maximum atomic E-state index is 11.6. The molecular weight excluding hydrogens is 204 g/mol.